The fraction of sp³-hybridized carbons (Fsp3) is 0.571. The van der Waals surface area contributed by atoms with Gasteiger partial charge in [-0.05, 0) is 37.6 Å². The quantitative estimate of drug-likeness (QED) is 0.809. The van der Waals surface area contributed by atoms with Gasteiger partial charge in [0.1, 0.15) is 5.75 Å². The highest BCUT2D eigenvalue weighted by atomic mass is 19.4. The van der Waals surface area contributed by atoms with Gasteiger partial charge in [0, 0.05) is 12.5 Å². The standard InChI is InChI=1S/C14H20F3NO/c1-3-18-13(9-10-14(15,16)17)11-5-7-12(8-6-11)19-4-2/h5-8,13,18H,3-4,9-10H2,1-2H3. The Morgan fingerprint density at radius 1 is 1.16 bits per heavy atom. The molecule has 0 spiro atoms. The molecule has 0 saturated heterocycles. The molecule has 0 aliphatic carbocycles. The van der Waals surface area contributed by atoms with Crippen LogP contribution in [0.15, 0.2) is 24.3 Å². The molecule has 1 N–H and O–H groups in total. The minimum absolute atomic E-state index is 0.0469. The van der Waals surface area contributed by atoms with Gasteiger partial charge in [-0.25, -0.2) is 0 Å². The van der Waals surface area contributed by atoms with Crippen LogP contribution >= 0.6 is 0 Å². The van der Waals surface area contributed by atoms with E-state index in [0.29, 0.717) is 13.2 Å². The van der Waals surface area contributed by atoms with Crippen molar-refractivity contribution in [3.05, 3.63) is 29.8 Å². The monoisotopic (exact) mass is 275 g/mol. The van der Waals surface area contributed by atoms with Gasteiger partial charge in [0.05, 0.1) is 6.61 Å². The van der Waals surface area contributed by atoms with Gasteiger partial charge in [0.2, 0.25) is 0 Å². The Balaban J connectivity index is 2.69. The zero-order valence-corrected chi connectivity index (χ0v) is 11.3. The molecule has 0 radical (unpaired) electrons. The highest BCUT2D eigenvalue weighted by Gasteiger charge is 2.28. The summed E-state index contributed by atoms with van der Waals surface area (Å²) in [5.41, 5.74) is 0.856. The van der Waals surface area contributed by atoms with Crippen LogP contribution < -0.4 is 10.1 Å². The van der Waals surface area contributed by atoms with Crippen molar-refractivity contribution in [2.24, 2.45) is 0 Å². The van der Waals surface area contributed by atoms with Crippen LogP contribution in [0.2, 0.25) is 0 Å². The van der Waals surface area contributed by atoms with Crippen molar-refractivity contribution in [2.75, 3.05) is 13.2 Å². The summed E-state index contributed by atoms with van der Waals surface area (Å²) in [5, 5.41) is 3.08. The van der Waals surface area contributed by atoms with Crippen molar-refractivity contribution >= 4 is 0 Å². The smallest absolute Gasteiger partial charge is 0.389 e. The third kappa shape index (κ3) is 5.96. The molecule has 19 heavy (non-hydrogen) atoms. The molecule has 1 atom stereocenters. The van der Waals surface area contributed by atoms with Crippen LogP contribution in [-0.4, -0.2) is 19.3 Å². The maximum absolute atomic E-state index is 12.3. The number of halogens is 3. The Hall–Kier alpha value is -1.23. The number of benzene rings is 1. The lowest BCUT2D eigenvalue weighted by Crippen LogP contribution is -2.23. The molecule has 0 saturated carbocycles. The van der Waals surface area contributed by atoms with E-state index in [1.54, 1.807) is 12.1 Å². The minimum Gasteiger partial charge on any atom is -0.494 e. The molecule has 0 fully saturated rings. The topological polar surface area (TPSA) is 21.3 Å². The van der Waals surface area contributed by atoms with Crippen molar-refractivity contribution in [1.82, 2.24) is 5.32 Å². The first-order valence-electron chi connectivity index (χ1n) is 6.49. The van der Waals surface area contributed by atoms with Crippen LogP contribution in [0, 0.1) is 0 Å². The summed E-state index contributed by atoms with van der Waals surface area (Å²) in [6, 6.07) is 6.93. The normalized spacial score (nSPS) is 13.3. The first-order chi connectivity index (χ1) is 8.96. The number of hydrogen-bond donors (Lipinski definition) is 1. The molecule has 0 bridgehead atoms. The predicted molar refractivity (Wildman–Crippen MR) is 69.3 cm³/mol. The van der Waals surface area contributed by atoms with Gasteiger partial charge >= 0.3 is 6.18 Å². The molecule has 1 aromatic carbocycles. The summed E-state index contributed by atoms with van der Waals surface area (Å²) in [4.78, 5) is 0. The Kier molecular flexibility index (Phi) is 6.15. The minimum atomic E-state index is -4.11. The summed E-state index contributed by atoms with van der Waals surface area (Å²) in [6.07, 6.45) is -4.85. The number of alkyl halides is 3. The Bertz CT molecular complexity index is 362. The average molecular weight is 275 g/mol. The summed E-state index contributed by atoms with van der Waals surface area (Å²) in [6.45, 7) is 4.98. The molecule has 1 unspecified atom stereocenters. The lowest BCUT2D eigenvalue weighted by molar-refractivity contribution is -0.136. The van der Waals surface area contributed by atoms with E-state index in [0.717, 1.165) is 11.3 Å². The van der Waals surface area contributed by atoms with E-state index in [9.17, 15) is 13.2 Å². The van der Waals surface area contributed by atoms with Crippen molar-refractivity contribution < 1.29 is 17.9 Å². The molecule has 0 aliphatic heterocycles. The van der Waals surface area contributed by atoms with E-state index >= 15 is 0 Å². The fourth-order valence-electron chi connectivity index (χ4n) is 1.90. The summed E-state index contributed by atoms with van der Waals surface area (Å²) in [7, 11) is 0. The number of ether oxygens (including phenoxy) is 1. The van der Waals surface area contributed by atoms with Gasteiger partial charge < -0.3 is 10.1 Å². The number of hydrogen-bond acceptors (Lipinski definition) is 2. The largest absolute Gasteiger partial charge is 0.494 e. The SMILES string of the molecule is CCNC(CCC(F)(F)F)c1ccc(OCC)cc1. The van der Waals surface area contributed by atoms with E-state index in [1.807, 2.05) is 26.0 Å². The predicted octanol–water partition coefficient (Wildman–Crippen LogP) is 4.08. The molecule has 0 aliphatic rings. The van der Waals surface area contributed by atoms with Crippen LogP contribution in [0.25, 0.3) is 0 Å². The third-order valence-corrected chi connectivity index (χ3v) is 2.76. The zero-order chi connectivity index (χ0) is 14.3. The average Bonchev–Trinajstić information content (AvgIpc) is 2.35. The summed E-state index contributed by atoms with van der Waals surface area (Å²) in [5.74, 6) is 0.734. The second-order valence-electron chi connectivity index (χ2n) is 4.27. The van der Waals surface area contributed by atoms with Crippen molar-refractivity contribution in [2.45, 2.75) is 38.9 Å². The van der Waals surface area contributed by atoms with Crippen molar-refractivity contribution in [1.29, 1.82) is 0 Å². The number of nitrogens with one attached hydrogen (secondary N) is 1. The van der Waals surface area contributed by atoms with Crippen LogP contribution in [0.1, 0.15) is 38.3 Å². The van der Waals surface area contributed by atoms with E-state index < -0.39 is 12.6 Å². The van der Waals surface area contributed by atoms with Crippen molar-refractivity contribution in [3.63, 3.8) is 0 Å². The van der Waals surface area contributed by atoms with Gasteiger partial charge in [-0.3, -0.25) is 0 Å². The highest BCUT2D eigenvalue weighted by Crippen LogP contribution is 2.28. The molecule has 0 aromatic heterocycles. The lowest BCUT2D eigenvalue weighted by Gasteiger charge is -2.19. The molecule has 0 heterocycles. The molecular weight excluding hydrogens is 255 g/mol. The van der Waals surface area contributed by atoms with Gasteiger partial charge in [-0.15, -0.1) is 0 Å². The molecular formula is C14H20F3NO. The molecule has 1 aromatic rings. The first-order valence-corrected chi connectivity index (χ1v) is 6.49. The van der Waals surface area contributed by atoms with Crippen LogP contribution in [0.4, 0.5) is 13.2 Å². The summed E-state index contributed by atoms with van der Waals surface area (Å²) < 4.78 is 42.2. The van der Waals surface area contributed by atoms with E-state index in [-0.39, 0.29) is 12.5 Å². The van der Waals surface area contributed by atoms with E-state index in [1.165, 1.54) is 0 Å². The Morgan fingerprint density at radius 2 is 1.79 bits per heavy atom. The van der Waals surface area contributed by atoms with Gasteiger partial charge in [0.15, 0.2) is 0 Å². The first kappa shape index (κ1) is 15.8. The highest BCUT2D eigenvalue weighted by molar-refractivity contribution is 5.29. The maximum atomic E-state index is 12.3. The lowest BCUT2D eigenvalue weighted by atomic mass is 10.0. The van der Waals surface area contributed by atoms with Crippen LogP contribution in [-0.2, 0) is 0 Å². The van der Waals surface area contributed by atoms with Gasteiger partial charge in [-0.2, -0.15) is 13.2 Å². The Labute approximate surface area is 112 Å². The van der Waals surface area contributed by atoms with E-state index in [4.69, 9.17) is 4.74 Å². The van der Waals surface area contributed by atoms with Crippen LogP contribution in [0.3, 0.4) is 0 Å². The second kappa shape index (κ2) is 7.38. The van der Waals surface area contributed by atoms with Gasteiger partial charge in [0.25, 0.3) is 0 Å². The second-order valence-corrected chi connectivity index (χ2v) is 4.27. The van der Waals surface area contributed by atoms with Crippen molar-refractivity contribution in [3.8, 4) is 5.75 Å². The maximum Gasteiger partial charge on any atom is 0.389 e. The van der Waals surface area contributed by atoms with Gasteiger partial charge in [-0.1, -0.05) is 19.1 Å². The zero-order valence-electron chi connectivity index (χ0n) is 11.3. The molecule has 1 rings (SSSR count). The third-order valence-electron chi connectivity index (χ3n) is 2.76. The molecule has 108 valence electrons. The Morgan fingerprint density at radius 3 is 2.26 bits per heavy atom. The number of rotatable bonds is 7. The molecule has 5 heteroatoms. The summed E-state index contributed by atoms with van der Waals surface area (Å²) >= 11 is 0. The van der Waals surface area contributed by atoms with E-state index in [2.05, 4.69) is 5.32 Å². The molecule has 2 nitrogen and oxygen atoms in total. The fourth-order valence-corrected chi connectivity index (χ4v) is 1.90. The van der Waals surface area contributed by atoms with Crippen LogP contribution in [0.5, 0.6) is 5.75 Å². The molecule has 0 amide bonds.